The third-order valence-corrected chi connectivity index (χ3v) is 4.34. The molecule has 0 amide bonds. The molecule has 120 valence electrons. The lowest BCUT2D eigenvalue weighted by atomic mass is 10.1. The summed E-state index contributed by atoms with van der Waals surface area (Å²) in [6.07, 6.45) is 0.637. The number of rotatable bonds is 4. The van der Waals surface area contributed by atoms with E-state index < -0.39 is 0 Å². The lowest BCUT2D eigenvalue weighted by Gasteiger charge is -2.29. The van der Waals surface area contributed by atoms with Crippen molar-refractivity contribution in [3.05, 3.63) is 59.1 Å². The van der Waals surface area contributed by atoms with E-state index in [9.17, 15) is 0 Å². The number of hydrogen-bond acceptors (Lipinski definition) is 3. The van der Waals surface area contributed by atoms with Gasteiger partial charge in [0.1, 0.15) is 11.5 Å². The Bertz CT molecular complexity index is 672. The number of benzene rings is 2. The summed E-state index contributed by atoms with van der Waals surface area (Å²) in [7, 11) is 0. The molecule has 0 unspecified atom stereocenters. The zero-order chi connectivity index (χ0) is 16.1. The zero-order valence-corrected chi connectivity index (χ0v) is 14.3. The van der Waals surface area contributed by atoms with E-state index in [1.807, 2.05) is 48.5 Å². The number of halogens is 1. The first-order valence-electron chi connectivity index (χ1n) is 7.59. The number of para-hydroxylation sites is 1. The van der Waals surface area contributed by atoms with E-state index in [1.165, 1.54) is 0 Å². The molecule has 0 radical (unpaired) electrons. The van der Waals surface area contributed by atoms with Gasteiger partial charge in [-0.25, -0.2) is 0 Å². The standard InChI is InChI=1S/C18H18ClNO2S/c19-15-6-7-17(22-16-4-2-1-3-5-16)14(12-15)13-18(23)20-8-10-21-11-9-20/h1-7,12H,8-11,13H2. The molecule has 0 aromatic heterocycles. The molecule has 5 heteroatoms. The minimum Gasteiger partial charge on any atom is -0.457 e. The highest BCUT2D eigenvalue weighted by Crippen LogP contribution is 2.28. The molecule has 0 N–H and O–H groups in total. The molecule has 0 bridgehead atoms. The summed E-state index contributed by atoms with van der Waals surface area (Å²) < 4.78 is 11.4. The van der Waals surface area contributed by atoms with Crippen molar-refractivity contribution >= 4 is 28.8 Å². The molecular weight excluding hydrogens is 330 g/mol. The maximum Gasteiger partial charge on any atom is 0.131 e. The molecule has 0 aliphatic carbocycles. The minimum absolute atomic E-state index is 0.637. The number of hydrogen-bond donors (Lipinski definition) is 0. The molecule has 0 atom stereocenters. The van der Waals surface area contributed by atoms with Crippen molar-refractivity contribution in [1.82, 2.24) is 4.90 Å². The number of nitrogens with zero attached hydrogens (tertiary/aromatic N) is 1. The summed E-state index contributed by atoms with van der Waals surface area (Å²) in [6.45, 7) is 3.13. The van der Waals surface area contributed by atoms with Gasteiger partial charge in [0.2, 0.25) is 0 Å². The monoisotopic (exact) mass is 347 g/mol. The molecule has 3 nitrogen and oxygen atoms in total. The van der Waals surface area contributed by atoms with Gasteiger partial charge in [0.05, 0.1) is 18.2 Å². The molecule has 3 rings (SSSR count). The summed E-state index contributed by atoms with van der Waals surface area (Å²) >= 11 is 11.8. The Labute approximate surface area is 146 Å². The van der Waals surface area contributed by atoms with Crippen LogP contribution in [0.4, 0.5) is 0 Å². The van der Waals surface area contributed by atoms with Gasteiger partial charge in [-0.05, 0) is 30.3 Å². The predicted molar refractivity (Wildman–Crippen MR) is 96.7 cm³/mol. The average molecular weight is 348 g/mol. The number of thiocarbonyl (C=S) groups is 1. The first-order chi connectivity index (χ1) is 11.2. The topological polar surface area (TPSA) is 21.7 Å². The van der Waals surface area contributed by atoms with E-state index in [4.69, 9.17) is 33.3 Å². The normalized spacial score (nSPS) is 14.6. The van der Waals surface area contributed by atoms with Crippen LogP contribution in [-0.2, 0) is 11.2 Å². The van der Waals surface area contributed by atoms with Crippen molar-refractivity contribution < 1.29 is 9.47 Å². The van der Waals surface area contributed by atoms with Crippen LogP contribution in [0.15, 0.2) is 48.5 Å². The highest BCUT2D eigenvalue weighted by Gasteiger charge is 2.16. The molecule has 1 aliphatic heterocycles. The van der Waals surface area contributed by atoms with Crippen LogP contribution in [0.25, 0.3) is 0 Å². The lowest BCUT2D eigenvalue weighted by molar-refractivity contribution is 0.0684. The Morgan fingerprint density at radius 2 is 1.87 bits per heavy atom. The van der Waals surface area contributed by atoms with E-state index >= 15 is 0 Å². The lowest BCUT2D eigenvalue weighted by Crippen LogP contribution is -2.40. The summed E-state index contributed by atoms with van der Waals surface area (Å²) in [6, 6.07) is 15.4. The van der Waals surface area contributed by atoms with Crippen molar-refractivity contribution in [3.8, 4) is 11.5 Å². The maximum absolute atomic E-state index is 6.16. The average Bonchev–Trinajstić information content (AvgIpc) is 2.59. The zero-order valence-electron chi connectivity index (χ0n) is 12.7. The van der Waals surface area contributed by atoms with E-state index in [-0.39, 0.29) is 0 Å². The van der Waals surface area contributed by atoms with Crippen LogP contribution in [0.3, 0.4) is 0 Å². The van der Waals surface area contributed by atoms with Gasteiger partial charge < -0.3 is 14.4 Å². The highest BCUT2D eigenvalue weighted by atomic mass is 35.5. The minimum atomic E-state index is 0.637. The SMILES string of the molecule is S=C(Cc1cc(Cl)ccc1Oc1ccccc1)N1CCOCC1. The third kappa shape index (κ3) is 4.44. The van der Waals surface area contributed by atoms with Crippen LogP contribution >= 0.6 is 23.8 Å². The molecule has 1 aliphatic rings. The molecular formula is C18H18ClNO2S. The smallest absolute Gasteiger partial charge is 0.131 e. The van der Waals surface area contributed by atoms with Crippen molar-refractivity contribution in [2.75, 3.05) is 26.3 Å². The van der Waals surface area contributed by atoms with Gasteiger partial charge in [-0.1, -0.05) is 42.0 Å². The largest absolute Gasteiger partial charge is 0.457 e. The summed E-state index contributed by atoms with van der Waals surface area (Å²) in [5.74, 6) is 1.59. The maximum atomic E-state index is 6.16. The Kier molecular flexibility index (Phi) is 5.49. The Morgan fingerprint density at radius 3 is 2.61 bits per heavy atom. The molecule has 2 aromatic carbocycles. The van der Waals surface area contributed by atoms with E-state index in [1.54, 1.807) is 0 Å². The van der Waals surface area contributed by atoms with Crippen molar-refractivity contribution in [2.45, 2.75) is 6.42 Å². The van der Waals surface area contributed by atoms with Crippen LogP contribution in [0.5, 0.6) is 11.5 Å². The molecule has 1 fully saturated rings. The molecule has 0 spiro atoms. The molecule has 1 saturated heterocycles. The fraction of sp³-hybridized carbons (Fsp3) is 0.278. The van der Waals surface area contributed by atoms with Crippen LogP contribution in [0.1, 0.15) is 5.56 Å². The van der Waals surface area contributed by atoms with Gasteiger partial charge in [-0.15, -0.1) is 0 Å². The fourth-order valence-corrected chi connectivity index (χ4v) is 3.02. The second kappa shape index (κ2) is 7.77. The van der Waals surface area contributed by atoms with Gasteiger partial charge in [-0.2, -0.15) is 0 Å². The van der Waals surface area contributed by atoms with E-state index in [2.05, 4.69) is 4.90 Å². The Balaban J connectivity index is 1.77. The molecule has 0 saturated carbocycles. The first-order valence-corrected chi connectivity index (χ1v) is 8.38. The molecule has 1 heterocycles. The van der Waals surface area contributed by atoms with Crippen molar-refractivity contribution in [3.63, 3.8) is 0 Å². The van der Waals surface area contributed by atoms with Gasteiger partial charge >= 0.3 is 0 Å². The predicted octanol–water partition coefficient (Wildman–Crippen LogP) is 4.33. The highest BCUT2D eigenvalue weighted by molar-refractivity contribution is 7.80. The quantitative estimate of drug-likeness (QED) is 0.767. The molecule has 2 aromatic rings. The summed E-state index contributed by atoms with van der Waals surface area (Å²) in [5, 5.41) is 0.685. The Morgan fingerprint density at radius 1 is 1.13 bits per heavy atom. The first kappa shape index (κ1) is 16.2. The fourth-order valence-electron chi connectivity index (χ4n) is 2.49. The van der Waals surface area contributed by atoms with E-state index in [0.717, 1.165) is 48.4 Å². The van der Waals surface area contributed by atoms with Crippen molar-refractivity contribution in [1.29, 1.82) is 0 Å². The summed E-state index contributed by atoms with van der Waals surface area (Å²) in [5.41, 5.74) is 0.998. The van der Waals surface area contributed by atoms with Crippen LogP contribution in [0, 0.1) is 0 Å². The van der Waals surface area contributed by atoms with Crippen LogP contribution in [0.2, 0.25) is 5.02 Å². The second-order valence-corrected chi connectivity index (χ2v) is 6.24. The Hall–Kier alpha value is -1.62. The van der Waals surface area contributed by atoms with Crippen molar-refractivity contribution in [2.24, 2.45) is 0 Å². The van der Waals surface area contributed by atoms with Gasteiger partial charge in [0.15, 0.2) is 0 Å². The van der Waals surface area contributed by atoms with Crippen LogP contribution < -0.4 is 4.74 Å². The second-order valence-electron chi connectivity index (χ2n) is 5.34. The number of ether oxygens (including phenoxy) is 2. The van der Waals surface area contributed by atoms with Crippen LogP contribution in [-0.4, -0.2) is 36.2 Å². The third-order valence-electron chi connectivity index (χ3n) is 3.70. The summed E-state index contributed by atoms with van der Waals surface area (Å²) in [4.78, 5) is 3.08. The van der Waals surface area contributed by atoms with Gasteiger partial charge in [0, 0.05) is 30.1 Å². The van der Waals surface area contributed by atoms with Gasteiger partial charge in [-0.3, -0.25) is 0 Å². The molecule has 23 heavy (non-hydrogen) atoms. The number of morpholine rings is 1. The van der Waals surface area contributed by atoms with E-state index in [0.29, 0.717) is 11.4 Å². The van der Waals surface area contributed by atoms with Gasteiger partial charge in [0.25, 0.3) is 0 Å².